The van der Waals surface area contributed by atoms with E-state index >= 15 is 0 Å². The van der Waals surface area contributed by atoms with Crippen molar-refractivity contribution < 1.29 is 9.47 Å². The summed E-state index contributed by atoms with van der Waals surface area (Å²) in [5, 5.41) is 4.34. The highest BCUT2D eigenvalue weighted by molar-refractivity contribution is 5.81. The van der Waals surface area contributed by atoms with Gasteiger partial charge in [-0.3, -0.25) is 0 Å². The van der Waals surface area contributed by atoms with Gasteiger partial charge < -0.3 is 19.3 Å². The standard InChI is InChI=1S/C21H29N7O2/c1-3-30-18-14-16(8-9-17(18)29-2)15-22-26-19-23-20(27-10-4-5-11-27)25-21(24-19)28-12-6-7-13-28/h8-9,14-15H,3-7,10-13H2,1-2H3,(H,23,24,25,26). The number of rotatable bonds is 8. The quantitative estimate of drug-likeness (QED) is 0.524. The van der Waals surface area contributed by atoms with Crippen LogP contribution in [0.2, 0.25) is 0 Å². The molecule has 1 aromatic heterocycles. The minimum atomic E-state index is 0.462. The third-order valence-corrected chi connectivity index (χ3v) is 5.26. The first kappa shape index (κ1) is 20.2. The van der Waals surface area contributed by atoms with Gasteiger partial charge in [-0.05, 0) is 56.4 Å². The van der Waals surface area contributed by atoms with Crippen molar-refractivity contribution in [2.75, 3.05) is 55.1 Å². The normalized spacial score (nSPS) is 16.5. The monoisotopic (exact) mass is 411 g/mol. The number of methoxy groups -OCH3 is 1. The summed E-state index contributed by atoms with van der Waals surface area (Å²) in [6.07, 6.45) is 6.41. The fourth-order valence-corrected chi connectivity index (χ4v) is 3.73. The van der Waals surface area contributed by atoms with Crippen LogP contribution >= 0.6 is 0 Å². The number of ether oxygens (including phenoxy) is 2. The van der Waals surface area contributed by atoms with Crippen molar-refractivity contribution in [3.8, 4) is 11.5 Å². The lowest BCUT2D eigenvalue weighted by atomic mass is 10.2. The Kier molecular flexibility index (Phi) is 6.46. The number of nitrogens with zero attached hydrogens (tertiary/aromatic N) is 6. The molecule has 0 atom stereocenters. The van der Waals surface area contributed by atoms with Crippen LogP contribution in [0.1, 0.15) is 38.2 Å². The fourth-order valence-electron chi connectivity index (χ4n) is 3.73. The molecule has 2 aliphatic heterocycles. The summed E-state index contributed by atoms with van der Waals surface area (Å²) >= 11 is 0. The number of hydrazone groups is 1. The molecule has 0 amide bonds. The number of aromatic nitrogens is 3. The van der Waals surface area contributed by atoms with Gasteiger partial charge >= 0.3 is 0 Å². The predicted molar refractivity (Wildman–Crippen MR) is 118 cm³/mol. The van der Waals surface area contributed by atoms with Crippen LogP contribution in [0, 0.1) is 0 Å². The Morgan fingerprint density at radius 1 is 0.967 bits per heavy atom. The van der Waals surface area contributed by atoms with Crippen LogP contribution in [0.4, 0.5) is 17.8 Å². The van der Waals surface area contributed by atoms with Crippen molar-refractivity contribution in [1.29, 1.82) is 0 Å². The third kappa shape index (κ3) is 4.72. The SMILES string of the molecule is CCOc1cc(C=NNc2nc(N3CCCC3)nc(N3CCCC3)n2)ccc1OC. The van der Waals surface area contributed by atoms with Gasteiger partial charge in [-0.2, -0.15) is 20.1 Å². The molecule has 2 aliphatic rings. The summed E-state index contributed by atoms with van der Waals surface area (Å²) in [7, 11) is 1.63. The van der Waals surface area contributed by atoms with Crippen molar-refractivity contribution in [2.45, 2.75) is 32.6 Å². The van der Waals surface area contributed by atoms with Crippen LogP contribution in [-0.4, -0.2) is 61.1 Å². The lowest BCUT2D eigenvalue weighted by molar-refractivity contribution is 0.311. The smallest absolute Gasteiger partial charge is 0.250 e. The molecule has 0 unspecified atom stereocenters. The molecule has 1 aromatic carbocycles. The molecule has 160 valence electrons. The largest absolute Gasteiger partial charge is 0.493 e. The second kappa shape index (κ2) is 9.60. The molecule has 0 spiro atoms. The second-order valence-corrected chi connectivity index (χ2v) is 7.36. The summed E-state index contributed by atoms with van der Waals surface area (Å²) in [4.78, 5) is 18.4. The highest BCUT2D eigenvalue weighted by atomic mass is 16.5. The van der Waals surface area contributed by atoms with Gasteiger partial charge in [0.1, 0.15) is 0 Å². The fraction of sp³-hybridized carbons (Fsp3) is 0.524. The first-order valence-corrected chi connectivity index (χ1v) is 10.6. The maximum Gasteiger partial charge on any atom is 0.250 e. The molecule has 9 heteroatoms. The highest BCUT2D eigenvalue weighted by Gasteiger charge is 2.21. The van der Waals surface area contributed by atoms with Gasteiger partial charge in [-0.25, -0.2) is 5.43 Å². The van der Waals surface area contributed by atoms with Crippen LogP contribution < -0.4 is 24.7 Å². The van der Waals surface area contributed by atoms with Crippen molar-refractivity contribution in [3.05, 3.63) is 23.8 Å². The summed E-state index contributed by atoms with van der Waals surface area (Å²) in [6, 6.07) is 5.68. The van der Waals surface area contributed by atoms with Crippen LogP contribution in [0.15, 0.2) is 23.3 Å². The molecular formula is C21H29N7O2. The molecule has 2 fully saturated rings. The van der Waals surface area contributed by atoms with E-state index in [2.05, 4.69) is 30.3 Å². The van der Waals surface area contributed by atoms with E-state index in [9.17, 15) is 0 Å². The minimum Gasteiger partial charge on any atom is -0.493 e. The number of anilines is 3. The van der Waals surface area contributed by atoms with E-state index in [0.29, 0.717) is 24.1 Å². The van der Waals surface area contributed by atoms with Gasteiger partial charge in [-0.15, -0.1) is 0 Å². The maximum atomic E-state index is 5.63. The first-order valence-electron chi connectivity index (χ1n) is 10.6. The zero-order valence-corrected chi connectivity index (χ0v) is 17.7. The molecule has 4 rings (SSSR count). The molecule has 0 radical (unpaired) electrons. The Morgan fingerprint density at radius 3 is 2.17 bits per heavy atom. The molecule has 30 heavy (non-hydrogen) atoms. The summed E-state index contributed by atoms with van der Waals surface area (Å²) < 4.78 is 11.0. The topological polar surface area (TPSA) is 88.0 Å². The molecule has 2 saturated heterocycles. The summed E-state index contributed by atoms with van der Waals surface area (Å²) in [5.74, 6) is 3.31. The Bertz CT molecular complexity index is 843. The van der Waals surface area contributed by atoms with E-state index in [1.54, 1.807) is 13.3 Å². The third-order valence-electron chi connectivity index (χ3n) is 5.26. The van der Waals surface area contributed by atoms with Gasteiger partial charge in [0.25, 0.3) is 0 Å². The summed E-state index contributed by atoms with van der Waals surface area (Å²) in [5.41, 5.74) is 3.87. The van der Waals surface area contributed by atoms with Crippen molar-refractivity contribution in [1.82, 2.24) is 15.0 Å². The van der Waals surface area contributed by atoms with Gasteiger partial charge in [0.15, 0.2) is 11.5 Å². The van der Waals surface area contributed by atoms with Gasteiger partial charge in [-0.1, -0.05) is 0 Å². The van der Waals surface area contributed by atoms with Crippen LogP contribution in [0.25, 0.3) is 0 Å². The van der Waals surface area contributed by atoms with Gasteiger partial charge in [0.2, 0.25) is 17.8 Å². The molecule has 9 nitrogen and oxygen atoms in total. The predicted octanol–water partition coefficient (Wildman–Crippen LogP) is 2.93. The average molecular weight is 412 g/mol. The average Bonchev–Trinajstić information content (AvgIpc) is 3.48. The van der Waals surface area contributed by atoms with Crippen LogP contribution in [-0.2, 0) is 0 Å². The lowest BCUT2D eigenvalue weighted by Crippen LogP contribution is -2.25. The van der Waals surface area contributed by atoms with E-state index in [0.717, 1.165) is 43.6 Å². The van der Waals surface area contributed by atoms with Crippen molar-refractivity contribution in [2.24, 2.45) is 5.10 Å². The lowest BCUT2D eigenvalue weighted by Gasteiger charge is -2.20. The molecule has 0 aliphatic carbocycles. The molecule has 2 aromatic rings. The zero-order valence-electron chi connectivity index (χ0n) is 17.7. The van der Waals surface area contributed by atoms with Crippen LogP contribution in [0.5, 0.6) is 11.5 Å². The van der Waals surface area contributed by atoms with E-state index < -0.39 is 0 Å². The number of hydrogen-bond donors (Lipinski definition) is 1. The maximum absolute atomic E-state index is 5.63. The first-order chi connectivity index (χ1) is 14.8. The van der Waals surface area contributed by atoms with E-state index in [1.807, 2.05) is 25.1 Å². The Balaban J connectivity index is 1.52. The van der Waals surface area contributed by atoms with Crippen molar-refractivity contribution >= 4 is 24.1 Å². The van der Waals surface area contributed by atoms with E-state index in [4.69, 9.17) is 14.5 Å². The van der Waals surface area contributed by atoms with Gasteiger partial charge in [0.05, 0.1) is 19.9 Å². The second-order valence-electron chi connectivity index (χ2n) is 7.36. The number of benzene rings is 1. The zero-order chi connectivity index (χ0) is 20.8. The molecule has 3 heterocycles. The van der Waals surface area contributed by atoms with Gasteiger partial charge in [0, 0.05) is 26.2 Å². The Hall–Kier alpha value is -3.10. The Morgan fingerprint density at radius 2 is 1.60 bits per heavy atom. The molecule has 0 bridgehead atoms. The molecule has 0 saturated carbocycles. The van der Waals surface area contributed by atoms with E-state index in [1.165, 1.54) is 25.7 Å². The van der Waals surface area contributed by atoms with Crippen molar-refractivity contribution in [3.63, 3.8) is 0 Å². The highest BCUT2D eigenvalue weighted by Crippen LogP contribution is 2.27. The van der Waals surface area contributed by atoms with E-state index in [-0.39, 0.29) is 0 Å². The summed E-state index contributed by atoms with van der Waals surface area (Å²) in [6.45, 7) is 6.45. The minimum absolute atomic E-state index is 0.462. The Labute approximate surface area is 177 Å². The number of hydrogen-bond acceptors (Lipinski definition) is 9. The number of nitrogens with one attached hydrogen (secondary N) is 1. The van der Waals surface area contributed by atoms with Crippen LogP contribution in [0.3, 0.4) is 0 Å². The molecule has 1 N–H and O–H groups in total. The molecular weight excluding hydrogens is 382 g/mol.